The minimum Gasteiger partial charge on any atom is -0.478 e. The van der Waals surface area contributed by atoms with Crippen LogP contribution in [0.1, 0.15) is 5.56 Å². The van der Waals surface area contributed by atoms with Crippen LogP contribution in [0.3, 0.4) is 0 Å². The number of nitrogens with one attached hydrogen (secondary N) is 1. The van der Waals surface area contributed by atoms with Crippen LogP contribution in [0.15, 0.2) is 71.6 Å². The standard InChI is InChI=1S/C16H15NO4S/c1-12(16(18)19)11-13-7-5-6-10-15(13)22(20,21)17-14-8-3-2-4-9-14/h2-10,17H,1,11H2,(H,18,19). The molecule has 0 unspecified atom stereocenters. The number of carboxylic acids is 1. The molecule has 0 heterocycles. The molecule has 0 radical (unpaired) electrons. The summed E-state index contributed by atoms with van der Waals surface area (Å²) < 4.78 is 27.4. The van der Waals surface area contributed by atoms with E-state index in [1.165, 1.54) is 6.07 Å². The Balaban J connectivity index is 2.35. The van der Waals surface area contributed by atoms with E-state index >= 15 is 0 Å². The average Bonchev–Trinajstić information content (AvgIpc) is 2.48. The number of anilines is 1. The minimum atomic E-state index is -3.80. The van der Waals surface area contributed by atoms with Gasteiger partial charge in [0.05, 0.1) is 4.90 Å². The smallest absolute Gasteiger partial charge is 0.331 e. The number of rotatable bonds is 6. The number of carboxylic acid groups (broad SMARTS) is 1. The zero-order valence-electron chi connectivity index (χ0n) is 11.7. The zero-order valence-corrected chi connectivity index (χ0v) is 12.5. The first-order valence-corrected chi connectivity index (χ1v) is 7.95. The number of para-hydroxylation sites is 1. The molecule has 114 valence electrons. The van der Waals surface area contributed by atoms with E-state index in [0.29, 0.717) is 11.3 Å². The number of hydrogen-bond acceptors (Lipinski definition) is 3. The van der Waals surface area contributed by atoms with Crippen molar-refractivity contribution in [1.82, 2.24) is 0 Å². The van der Waals surface area contributed by atoms with E-state index < -0.39 is 16.0 Å². The molecule has 0 aromatic heterocycles. The Labute approximate surface area is 129 Å². The van der Waals surface area contributed by atoms with Gasteiger partial charge in [-0.2, -0.15) is 0 Å². The van der Waals surface area contributed by atoms with Gasteiger partial charge in [0.15, 0.2) is 0 Å². The summed E-state index contributed by atoms with van der Waals surface area (Å²) in [6, 6.07) is 14.8. The molecule has 0 fully saturated rings. The summed E-state index contributed by atoms with van der Waals surface area (Å²) >= 11 is 0. The lowest BCUT2D eigenvalue weighted by atomic mass is 10.1. The largest absolute Gasteiger partial charge is 0.478 e. The maximum absolute atomic E-state index is 12.5. The molecule has 2 N–H and O–H groups in total. The van der Waals surface area contributed by atoms with Crippen LogP contribution in [0.5, 0.6) is 0 Å². The fraction of sp³-hybridized carbons (Fsp3) is 0.0625. The number of aliphatic carboxylic acids is 1. The zero-order chi connectivity index (χ0) is 16.2. The lowest BCUT2D eigenvalue weighted by Gasteiger charge is -2.12. The summed E-state index contributed by atoms with van der Waals surface area (Å²) in [4.78, 5) is 10.9. The summed E-state index contributed by atoms with van der Waals surface area (Å²) in [6.07, 6.45) is -0.0405. The molecule has 0 atom stereocenters. The fourth-order valence-electron chi connectivity index (χ4n) is 1.93. The molecule has 0 saturated carbocycles. The molecule has 0 bridgehead atoms. The van der Waals surface area contributed by atoms with E-state index in [-0.39, 0.29) is 16.9 Å². The predicted molar refractivity (Wildman–Crippen MR) is 84.2 cm³/mol. The van der Waals surface area contributed by atoms with Gasteiger partial charge in [-0.25, -0.2) is 13.2 Å². The maximum atomic E-state index is 12.5. The summed E-state index contributed by atoms with van der Waals surface area (Å²) in [6.45, 7) is 3.44. The molecule has 2 rings (SSSR count). The Kier molecular flexibility index (Phi) is 4.62. The number of carbonyl (C=O) groups is 1. The molecular weight excluding hydrogens is 302 g/mol. The van der Waals surface area contributed by atoms with Crippen molar-refractivity contribution in [2.75, 3.05) is 4.72 Å². The highest BCUT2D eigenvalue weighted by atomic mass is 32.2. The second-order valence-corrected chi connectivity index (χ2v) is 6.32. The minimum absolute atomic E-state index is 0.0405. The van der Waals surface area contributed by atoms with E-state index in [1.54, 1.807) is 48.5 Å². The van der Waals surface area contributed by atoms with E-state index in [2.05, 4.69) is 11.3 Å². The third kappa shape index (κ3) is 3.73. The molecule has 22 heavy (non-hydrogen) atoms. The molecule has 5 nitrogen and oxygen atoms in total. The van der Waals surface area contributed by atoms with E-state index in [4.69, 9.17) is 5.11 Å². The van der Waals surface area contributed by atoms with Gasteiger partial charge in [-0.1, -0.05) is 43.0 Å². The van der Waals surface area contributed by atoms with Crippen LogP contribution in [-0.4, -0.2) is 19.5 Å². The Morgan fingerprint density at radius 3 is 2.27 bits per heavy atom. The van der Waals surface area contributed by atoms with Crippen molar-refractivity contribution in [3.05, 3.63) is 72.3 Å². The highest BCUT2D eigenvalue weighted by Gasteiger charge is 2.19. The second kappa shape index (κ2) is 6.44. The van der Waals surface area contributed by atoms with Gasteiger partial charge < -0.3 is 5.11 Å². The highest BCUT2D eigenvalue weighted by Crippen LogP contribution is 2.21. The molecule has 2 aromatic carbocycles. The third-order valence-corrected chi connectivity index (χ3v) is 4.48. The van der Waals surface area contributed by atoms with Crippen molar-refractivity contribution in [3.8, 4) is 0 Å². The monoisotopic (exact) mass is 317 g/mol. The maximum Gasteiger partial charge on any atom is 0.331 e. The first kappa shape index (κ1) is 15.8. The van der Waals surface area contributed by atoms with Crippen LogP contribution in [0.4, 0.5) is 5.69 Å². The molecule has 6 heteroatoms. The topological polar surface area (TPSA) is 83.5 Å². The third-order valence-electron chi connectivity index (χ3n) is 2.99. The van der Waals surface area contributed by atoms with Crippen molar-refractivity contribution < 1.29 is 18.3 Å². The lowest BCUT2D eigenvalue weighted by molar-refractivity contribution is -0.132. The fourth-order valence-corrected chi connectivity index (χ4v) is 3.23. The van der Waals surface area contributed by atoms with Crippen molar-refractivity contribution in [2.24, 2.45) is 0 Å². The number of benzene rings is 2. The summed E-state index contributed by atoms with van der Waals surface area (Å²) in [5.41, 5.74) is 0.759. The first-order valence-electron chi connectivity index (χ1n) is 6.47. The van der Waals surface area contributed by atoms with Gasteiger partial charge in [0.2, 0.25) is 0 Å². The predicted octanol–water partition coefficient (Wildman–Crippen LogP) is 2.67. The van der Waals surface area contributed by atoms with Gasteiger partial charge in [0.25, 0.3) is 10.0 Å². The van der Waals surface area contributed by atoms with Crippen LogP contribution >= 0.6 is 0 Å². The molecule has 0 amide bonds. The van der Waals surface area contributed by atoms with Crippen molar-refractivity contribution in [1.29, 1.82) is 0 Å². The van der Waals surface area contributed by atoms with E-state index in [0.717, 1.165) is 0 Å². The lowest BCUT2D eigenvalue weighted by Crippen LogP contribution is -2.15. The summed E-state index contributed by atoms with van der Waals surface area (Å²) in [7, 11) is -3.80. The second-order valence-electron chi connectivity index (χ2n) is 4.66. The van der Waals surface area contributed by atoms with Gasteiger partial charge in [-0.05, 0) is 23.8 Å². The Bertz CT molecular complexity index is 798. The quantitative estimate of drug-likeness (QED) is 0.802. The molecule has 0 aliphatic rings. The van der Waals surface area contributed by atoms with Gasteiger partial charge in [-0.3, -0.25) is 4.72 Å². The SMILES string of the molecule is C=C(Cc1ccccc1S(=O)(=O)Nc1ccccc1)C(=O)O. The van der Waals surface area contributed by atoms with Crippen LogP contribution in [0.2, 0.25) is 0 Å². The van der Waals surface area contributed by atoms with Crippen LogP contribution in [-0.2, 0) is 21.2 Å². The first-order chi connectivity index (χ1) is 10.4. The van der Waals surface area contributed by atoms with Gasteiger partial charge >= 0.3 is 5.97 Å². The Hall–Kier alpha value is -2.60. The molecule has 0 saturated heterocycles. The van der Waals surface area contributed by atoms with E-state index in [1.807, 2.05) is 0 Å². The highest BCUT2D eigenvalue weighted by molar-refractivity contribution is 7.92. The van der Waals surface area contributed by atoms with Gasteiger partial charge in [-0.15, -0.1) is 0 Å². The van der Waals surface area contributed by atoms with Crippen LogP contribution < -0.4 is 4.72 Å². The molecule has 0 aliphatic heterocycles. The average molecular weight is 317 g/mol. The number of sulfonamides is 1. The summed E-state index contributed by atoms with van der Waals surface area (Å²) in [5.74, 6) is -1.15. The normalized spacial score (nSPS) is 10.9. The van der Waals surface area contributed by atoms with Crippen molar-refractivity contribution in [2.45, 2.75) is 11.3 Å². The molecular formula is C16H15NO4S. The van der Waals surface area contributed by atoms with Crippen LogP contribution in [0.25, 0.3) is 0 Å². The number of hydrogen-bond donors (Lipinski definition) is 2. The van der Waals surface area contributed by atoms with Crippen molar-refractivity contribution in [3.63, 3.8) is 0 Å². The molecule has 2 aromatic rings. The Morgan fingerprint density at radius 2 is 1.64 bits per heavy atom. The van der Waals surface area contributed by atoms with Gasteiger partial charge in [0, 0.05) is 17.7 Å². The van der Waals surface area contributed by atoms with E-state index in [9.17, 15) is 13.2 Å². The molecule has 0 aliphatic carbocycles. The van der Waals surface area contributed by atoms with Crippen LogP contribution in [0, 0.1) is 0 Å². The Morgan fingerprint density at radius 1 is 1.05 bits per heavy atom. The van der Waals surface area contributed by atoms with Crippen molar-refractivity contribution >= 4 is 21.7 Å². The molecule has 0 spiro atoms. The summed E-state index contributed by atoms with van der Waals surface area (Å²) in [5, 5.41) is 8.91. The van der Waals surface area contributed by atoms with Gasteiger partial charge in [0.1, 0.15) is 0 Å².